The first-order valence-electron chi connectivity index (χ1n) is 9.83. The van der Waals surface area contributed by atoms with Crippen LogP contribution in [0.15, 0.2) is 85.1 Å². The second kappa shape index (κ2) is 9.05. The Labute approximate surface area is 174 Å². The lowest BCUT2D eigenvalue weighted by atomic mass is 10.1. The number of amides is 2. The van der Waals surface area contributed by atoms with E-state index in [0.29, 0.717) is 18.7 Å². The lowest BCUT2D eigenvalue weighted by Crippen LogP contribution is -2.28. The molecule has 1 heterocycles. The van der Waals surface area contributed by atoms with E-state index < -0.39 is 0 Å². The predicted molar refractivity (Wildman–Crippen MR) is 117 cm³/mol. The van der Waals surface area contributed by atoms with Gasteiger partial charge >= 0.3 is 0 Å². The summed E-state index contributed by atoms with van der Waals surface area (Å²) in [5, 5.41) is 11.1. The van der Waals surface area contributed by atoms with Crippen molar-refractivity contribution in [3.05, 3.63) is 90.6 Å². The second-order valence-corrected chi connectivity index (χ2v) is 6.97. The standard InChI is InChI=1S/C24H22N4O2/c29-23(14-15-25-24(30)16-18-6-2-1-3-7-18)27-20-10-12-21(13-11-20)28-22-9-5-4-8-19(22)17-26-28/h1-13,17H,14-16H2,(H,25,30)(H,27,29). The molecule has 0 bridgehead atoms. The van der Waals surface area contributed by atoms with Gasteiger partial charge in [0.1, 0.15) is 0 Å². The van der Waals surface area contributed by atoms with Gasteiger partial charge in [0.25, 0.3) is 0 Å². The number of hydrogen-bond donors (Lipinski definition) is 2. The Balaban J connectivity index is 1.27. The average molecular weight is 398 g/mol. The van der Waals surface area contributed by atoms with Gasteiger partial charge in [-0.2, -0.15) is 5.10 Å². The minimum atomic E-state index is -0.146. The zero-order chi connectivity index (χ0) is 20.8. The fourth-order valence-electron chi connectivity index (χ4n) is 3.25. The number of para-hydroxylation sites is 1. The van der Waals surface area contributed by atoms with Crippen LogP contribution in [0.4, 0.5) is 5.69 Å². The van der Waals surface area contributed by atoms with Gasteiger partial charge in [0.15, 0.2) is 0 Å². The van der Waals surface area contributed by atoms with Crippen LogP contribution < -0.4 is 10.6 Å². The van der Waals surface area contributed by atoms with Gasteiger partial charge in [-0.05, 0) is 35.9 Å². The van der Waals surface area contributed by atoms with Gasteiger partial charge in [0.2, 0.25) is 11.8 Å². The second-order valence-electron chi connectivity index (χ2n) is 6.97. The summed E-state index contributed by atoms with van der Waals surface area (Å²) in [7, 11) is 0. The maximum Gasteiger partial charge on any atom is 0.226 e. The third-order valence-electron chi connectivity index (χ3n) is 4.75. The Hall–Kier alpha value is -3.93. The SMILES string of the molecule is O=C(Cc1ccccc1)NCCC(=O)Nc1ccc(-n2ncc3ccccc32)cc1. The molecule has 0 aliphatic heterocycles. The van der Waals surface area contributed by atoms with Crippen LogP contribution >= 0.6 is 0 Å². The molecule has 3 aromatic carbocycles. The van der Waals surface area contributed by atoms with Gasteiger partial charge < -0.3 is 10.6 Å². The summed E-state index contributed by atoms with van der Waals surface area (Å²) < 4.78 is 1.86. The zero-order valence-electron chi connectivity index (χ0n) is 16.4. The minimum Gasteiger partial charge on any atom is -0.355 e. The first-order chi connectivity index (χ1) is 14.7. The fourth-order valence-corrected chi connectivity index (χ4v) is 3.25. The molecule has 0 fully saturated rings. The molecular weight excluding hydrogens is 376 g/mol. The first-order valence-corrected chi connectivity index (χ1v) is 9.83. The highest BCUT2D eigenvalue weighted by molar-refractivity contribution is 5.91. The number of fused-ring (bicyclic) bond motifs is 1. The van der Waals surface area contributed by atoms with Crippen LogP contribution in [-0.2, 0) is 16.0 Å². The summed E-state index contributed by atoms with van der Waals surface area (Å²) in [6, 6.07) is 25.0. The smallest absolute Gasteiger partial charge is 0.226 e. The largest absolute Gasteiger partial charge is 0.355 e. The number of hydrogen-bond acceptors (Lipinski definition) is 3. The third-order valence-corrected chi connectivity index (χ3v) is 4.75. The summed E-state index contributed by atoms with van der Waals surface area (Å²) >= 11 is 0. The molecule has 1 aromatic heterocycles. The molecule has 6 heteroatoms. The van der Waals surface area contributed by atoms with Crippen molar-refractivity contribution in [3.63, 3.8) is 0 Å². The summed E-state index contributed by atoms with van der Waals surface area (Å²) in [5.41, 5.74) is 3.60. The number of nitrogens with zero attached hydrogens (tertiary/aromatic N) is 2. The third kappa shape index (κ3) is 4.72. The molecule has 4 rings (SSSR count). The van der Waals surface area contributed by atoms with E-state index in [9.17, 15) is 9.59 Å². The van der Waals surface area contributed by atoms with E-state index >= 15 is 0 Å². The maximum atomic E-state index is 12.2. The monoisotopic (exact) mass is 398 g/mol. The number of benzene rings is 3. The Morgan fingerprint density at radius 3 is 2.37 bits per heavy atom. The van der Waals surface area contributed by atoms with Crippen molar-refractivity contribution < 1.29 is 9.59 Å². The van der Waals surface area contributed by atoms with Crippen LogP contribution in [0.5, 0.6) is 0 Å². The number of rotatable bonds is 7. The normalized spacial score (nSPS) is 10.7. The molecule has 0 aliphatic carbocycles. The van der Waals surface area contributed by atoms with Gasteiger partial charge in [-0.25, -0.2) is 4.68 Å². The molecule has 6 nitrogen and oxygen atoms in total. The van der Waals surface area contributed by atoms with Crippen molar-refractivity contribution in [2.45, 2.75) is 12.8 Å². The van der Waals surface area contributed by atoms with E-state index in [-0.39, 0.29) is 18.2 Å². The molecule has 0 saturated heterocycles. The Morgan fingerprint density at radius 2 is 1.57 bits per heavy atom. The Morgan fingerprint density at radius 1 is 0.833 bits per heavy atom. The molecule has 0 aliphatic rings. The summed E-state index contributed by atoms with van der Waals surface area (Å²) in [6.45, 7) is 0.300. The lowest BCUT2D eigenvalue weighted by molar-refractivity contribution is -0.120. The van der Waals surface area contributed by atoms with E-state index in [1.165, 1.54) is 0 Å². The van der Waals surface area contributed by atoms with Gasteiger partial charge in [-0.15, -0.1) is 0 Å². The number of aromatic nitrogens is 2. The average Bonchev–Trinajstić information content (AvgIpc) is 3.19. The van der Waals surface area contributed by atoms with Crippen molar-refractivity contribution in [3.8, 4) is 5.69 Å². The van der Waals surface area contributed by atoms with Crippen LogP contribution in [0, 0.1) is 0 Å². The van der Waals surface area contributed by atoms with E-state index in [2.05, 4.69) is 15.7 Å². The molecule has 30 heavy (non-hydrogen) atoms. The molecule has 2 N–H and O–H groups in total. The van der Waals surface area contributed by atoms with Gasteiger partial charge in [-0.3, -0.25) is 9.59 Å². The van der Waals surface area contributed by atoms with Gasteiger partial charge in [0, 0.05) is 24.0 Å². The zero-order valence-corrected chi connectivity index (χ0v) is 16.4. The van der Waals surface area contributed by atoms with Crippen LogP contribution in [0.1, 0.15) is 12.0 Å². The molecule has 0 atom stereocenters. The number of carbonyl (C=O) groups is 2. The molecule has 2 amide bonds. The van der Waals surface area contributed by atoms with Gasteiger partial charge in [-0.1, -0.05) is 48.5 Å². The highest BCUT2D eigenvalue weighted by Gasteiger charge is 2.07. The summed E-state index contributed by atoms with van der Waals surface area (Å²) in [5.74, 6) is -0.239. The molecule has 150 valence electrons. The molecule has 4 aromatic rings. The van der Waals surface area contributed by atoms with Gasteiger partial charge in [0.05, 0.1) is 23.8 Å². The molecular formula is C24H22N4O2. The van der Waals surface area contributed by atoms with Crippen molar-refractivity contribution in [2.75, 3.05) is 11.9 Å². The highest BCUT2D eigenvalue weighted by Crippen LogP contribution is 2.19. The van der Waals surface area contributed by atoms with Crippen LogP contribution in [-0.4, -0.2) is 28.1 Å². The predicted octanol–water partition coefficient (Wildman–Crippen LogP) is 3.71. The Bertz CT molecular complexity index is 1150. The maximum absolute atomic E-state index is 12.2. The van der Waals surface area contributed by atoms with Crippen LogP contribution in [0.25, 0.3) is 16.6 Å². The van der Waals surface area contributed by atoms with Crippen LogP contribution in [0.2, 0.25) is 0 Å². The Kier molecular flexibility index (Phi) is 5.85. The summed E-state index contributed by atoms with van der Waals surface area (Å²) in [6.07, 6.45) is 2.36. The fraction of sp³-hybridized carbons (Fsp3) is 0.125. The quantitative estimate of drug-likeness (QED) is 0.498. The van der Waals surface area contributed by atoms with E-state index in [1.54, 1.807) is 0 Å². The van der Waals surface area contributed by atoms with Crippen LogP contribution in [0.3, 0.4) is 0 Å². The van der Waals surface area contributed by atoms with Crippen molar-refractivity contribution in [1.82, 2.24) is 15.1 Å². The first kappa shape index (κ1) is 19.4. The highest BCUT2D eigenvalue weighted by atomic mass is 16.2. The van der Waals surface area contributed by atoms with Crippen molar-refractivity contribution >= 4 is 28.4 Å². The molecule has 0 unspecified atom stereocenters. The van der Waals surface area contributed by atoms with Crippen molar-refractivity contribution in [1.29, 1.82) is 0 Å². The summed E-state index contributed by atoms with van der Waals surface area (Å²) in [4.78, 5) is 24.1. The van der Waals surface area contributed by atoms with E-state index in [0.717, 1.165) is 22.2 Å². The molecule has 0 spiro atoms. The molecule has 0 saturated carbocycles. The molecule has 0 radical (unpaired) electrons. The number of nitrogens with one attached hydrogen (secondary N) is 2. The topological polar surface area (TPSA) is 76.0 Å². The minimum absolute atomic E-state index is 0.0928. The van der Waals surface area contributed by atoms with E-state index in [1.807, 2.05) is 89.7 Å². The number of carbonyl (C=O) groups excluding carboxylic acids is 2. The van der Waals surface area contributed by atoms with Crippen molar-refractivity contribution in [2.24, 2.45) is 0 Å². The number of anilines is 1. The van der Waals surface area contributed by atoms with E-state index in [4.69, 9.17) is 0 Å². The lowest BCUT2D eigenvalue weighted by Gasteiger charge is -2.08.